The first-order valence-electron chi connectivity index (χ1n) is 19.1. The average molecular weight is 767 g/mol. The summed E-state index contributed by atoms with van der Waals surface area (Å²) < 4.78 is 9.23. The molecule has 0 aliphatic rings. The van der Waals surface area contributed by atoms with E-state index in [1.807, 2.05) is 0 Å². The van der Waals surface area contributed by atoms with Gasteiger partial charge in [0, 0.05) is 55.7 Å². The van der Waals surface area contributed by atoms with Crippen molar-refractivity contribution >= 4 is 98.9 Å². The molecule has 11 aromatic rings. The zero-order chi connectivity index (χ0) is 37.7. The molecule has 3 nitrogen and oxygen atoms in total. The summed E-state index contributed by atoms with van der Waals surface area (Å²) in [6.45, 7) is 0. The summed E-state index contributed by atoms with van der Waals surface area (Å²) in [6, 6.07) is 69.4. The van der Waals surface area contributed by atoms with Gasteiger partial charge < -0.3 is 14.2 Å². The van der Waals surface area contributed by atoms with E-state index in [1.54, 1.807) is 22.7 Å². The van der Waals surface area contributed by atoms with Gasteiger partial charge in [0.15, 0.2) is 11.2 Å². The Bertz CT molecular complexity index is 2860. The van der Waals surface area contributed by atoms with E-state index in [0.717, 1.165) is 56.1 Å². The first kappa shape index (κ1) is 33.4. The topological polar surface area (TPSA) is 19.6 Å². The van der Waals surface area contributed by atoms with Crippen molar-refractivity contribution in [3.8, 4) is 22.3 Å². The molecule has 0 radical (unpaired) electrons. The molecule has 5 heteroatoms. The molecule has 57 heavy (non-hydrogen) atoms. The van der Waals surface area contributed by atoms with E-state index in [4.69, 9.17) is 4.42 Å². The van der Waals surface area contributed by atoms with Crippen LogP contribution in [0.15, 0.2) is 209 Å². The third-order valence-electron chi connectivity index (χ3n) is 10.8. The molecule has 3 heterocycles. The number of benzene rings is 8. The Hall–Kier alpha value is -6.92. The van der Waals surface area contributed by atoms with Gasteiger partial charge in [0.25, 0.3) is 0 Å². The van der Waals surface area contributed by atoms with E-state index in [9.17, 15) is 0 Å². The fourth-order valence-corrected chi connectivity index (χ4v) is 9.99. The summed E-state index contributed by atoms with van der Waals surface area (Å²) in [5.74, 6) is 0. The van der Waals surface area contributed by atoms with Crippen LogP contribution in [0.5, 0.6) is 0 Å². The molecular weight excluding hydrogens is 733 g/mol. The maximum absolute atomic E-state index is 6.88. The molecular formula is C52H34N2OS2. The molecule has 0 saturated carbocycles. The predicted octanol–water partition coefficient (Wildman–Crippen LogP) is 16.3. The van der Waals surface area contributed by atoms with Crippen molar-refractivity contribution in [2.24, 2.45) is 0 Å². The van der Waals surface area contributed by atoms with E-state index < -0.39 is 0 Å². The number of hydrogen-bond acceptors (Lipinski definition) is 5. The molecule has 0 bridgehead atoms. The first-order chi connectivity index (χ1) is 28.3. The summed E-state index contributed by atoms with van der Waals surface area (Å²) in [4.78, 5) is 4.61. The van der Waals surface area contributed by atoms with E-state index in [0.29, 0.717) is 0 Å². The number of nitrogens with zero attached hydrogens (tertiary/aromatic N) is 2. The maximum atomic E-state index is 6.88. The Morgan fingerprint density at radius 2 is 0.632 bits per heavy atom. The van der Waals surface area contributed by atoms with Crippen LogP contribution in [0, 0.1) is 0 Å². The molecule has 0 aliphatic carbocycles. The van der Waals surface area contributed by atoms with E-state index in [1.165, 1.54) is 42.4 Å². The van der Waals surface area contributed by atoms with Crippen molar-refractivity contribution in [3.63, 3.8) is 0 Å². The Morgan fingerprint density at radius 3 is 0.965 bits per heavy atom. The number of anilines is 6. The second-order valence-corrected chi connectivity index (χ2v) is 16.0. The molecule has 3 aromatic heterocycles. The molecule has 0 N–H and O–H groups in total. The van der Waals surface area contributed by atoms with Gasteiger partial charge in [-0.25, -0.2) is 0 Å². The highest BCUT2D eigenvalue weighted by molar-refractivity contribution is 7.18. The molecule has 0 aliphatic heterocycles. The number of para-hydroxylation sites is 4. The zero-order valence-electron chi connectivity index (χ0n) is 30.7. The third kappa shape index (κ3) is 5.79. The largest absolute Gasteiger partial charge is 0.453 e. The zero-order valence-corrected chi connectivity index (χ0v) is 32.4. The van der Waals surface area contributed by atoms with Crippen LogP contribution in [0.25, 0.3) is 64.4 Å². The van der Waals surface area contributed by atoms with Gasteiger partial charge >= 0.3 is 0 Å². The van der Waals surface area contributed by atoms with Crippen LogP contribution in [0.1, 0.15) is 0 Å². The minimum Gasteiger partial charge on any atom is -0.453 e. The molecule has 0 spiro atoms. The minimum atomic E-state index is 0.957. The summed E-state index contributed by atoms with van der Waals surface area (Å²) >= 11 is 3.50. The molecule has 8 aromatic carbocycles. The van der Waals surface area contributed by atoms with Crippen molar-refractivity contribution in [2.75, 3.05) is 9.80 Å². The van der Waals surface area contributed by atoms with Gasteiger partial charge in [-0.3, -0.25) is 0 Å². The van der Waals surface area contributed by atoms with Crippen molar-refractivity contribution < 1.29 is 4.42 Å². The van der Waals surface area contributed by atoms with Crippen molar-refractivity contribution in [3.05, 3.63) is 205 Å². The molecule has 11 rings (SSSR count). The first-order valence-corrected chi connectivity index (χ1v) is 20.8. The predicted molar refractivity (Wildman–Crippen MR) is 245 cm³/mol. The van der Waals surface area contributed by atoms with Crippen LogP contribution in [0.4, 0.5) is 34.1 Å². The number of thiophene rings is 2. The fraction of sp³-hybridized carbons (Fsp3) is 0. The SMILES string of the molecule is c1ccc(N(c2ccccc2)c2ccc(-c3cc4c5cc(-c6ccc(N(c7ccccc7)c7ccccc7)cc6)c6ccsc6c5oc4c4sccc34)cc2)cc1. The number of rotatable bonds is 8. The lowest BCUT2D eigenvalue weighted by atomic mass is 9.96. The number of furan rings is 1. The van der Waals surface area contributed by atoms with E-state index >= 15 is 0 Å². The lowest BCUT2D eigenvalue weighted by Crippen LogP contribution is -2.09. The second kappa shape index (κ2) is 14.0. The number of fused-ring (bicyclic) bond motifs is 7. The summed E-state index contributed by atoms with van der Waals surface area (Å²) in [7, 11) is 0. The molecule has 0 unspecified atom stereocenters. The fourth-order valence-electron chi connectivity index (χ4n) is 8.18. The number of hydrogen-bond donors (Lipinski definition) is 0. The van der Waals surface area contributed by atoms with E-state index in [-0.39, 0.29) is 0 Å². The molecule has 0 fully saturated rings. The van der Waals surface area contributed by atoms with Gasteiger partial charge in [-0.1, -0.05) is 97.1 Å². The Balaban J connectivity index is 1.03. The summed E-state index contributed by atoms with van der Waals surface area (Å²) in [6.07, 6.45) is 0. The van der Waals surface area contributed by atoms with Crippen molar-refractivity contribution in [2.45, 2.75) is 0 Å². The van der Waals surface area contributed by atoms with Crippen molar-refractivity contribution in [1.29, 1.82) is 0 Å². The van der Waals surface area contributed by atoms with E-state index in [2.05, 4.69) is 215 Å². The van der Waals surface area contributed by atoms with Gasteiger partial charge in [-0.2, -0.15) is 0 Å². The van der Waals surface area contributed by atoms with Crippen LogP contribution < -0.4 is 9.80 Å². The van der Waals surface area contributed by atoms with Crippen LogP contribution in [-0.4, -0.2) is 0 Å². The summed E-state index contributed by atoms with van der Waals surface area (Å²) in [5, 5.41) is 9.07. The van der Waals surface area contributed by atoms with Gasteiger partial charge in [0.2, 0.25) is 0 Å². The lowest BCUT2D eigenvalue weighted by molar-refractivity contribution is 0.677. The Morgan fingerprint density at radius 1 is 0.316 bits per heavy atom. The highest BCUT2D eigenvalue weighted by atomic mass is 32.1. The maximum Gasteiger partial charge on any atom is 0.153 e. The highest BCUT2D eigenvalue weighted by Gasteiger charge is 2.21. The molecule has 270 valence electrons. The van der Waals surface area contributed by atoms with Crippen LogP contribution in [0.2, 0.25) is 0 Å². The van der Waals surface area contributed by atoms with Gasteiger partial charge in [-0.15, -0.1) is 22.7 Å². The third-order valence-corrected chi connectivity index (χ3v) is 12.6. The minimum absolute atomic E-state index is 0.957. The summed E-state index contributed by atoms with van der Waals surface area (Å²) in [5.41, 5.74) is 13.4. The van der Waals surface area contributed by atoms with Gasteiger partial charge in [0.1, 0.15) is 0 Å². The van der Waals surface area contributed by atoms with Crippen molar-refractivity contribution in [1.82, 2.24) is 0 Å². The standard InChI is InChI=1S/C52H34N2OS2/c1-5-13-37(14-6-1)53(38-15-7-2-8-16-38)41-25-21-35(22-26-41)45-33-47-48-34-46(44-30-32-57-52(44)50(48)55-49(47)51-43(45)29-31-56-51)36-23-27-42(28-24-36)54(39-17-9-3-10-18-39)40-19-11-4-12-20-40/h1-34H. The average Bonchev–Trinajstić information content (AvgIpc) is 4.05. The van der Waals surface area contributed by atoms with Gasteiger partial charge in [-0.05, 0) is 130 Å². The lowest BCUT2D eigenvalue weighted by Gasteiger charge is -2.25. The van der Waals surface area contributed by atoms with Crippen LogP contribution >= 0.6 is 22.7 Å². The second-order valence-electron chi connectivity index (χ2n) is 14.1. The molecule has 0 saturated heterocycles. The Labute approximate surface area is 338 Å². The Kier molecular flexibility index (Phi) is 8.20. The quantitative estimate of drug-likeness (QED) is 0.154. The van der Waals surface area contributed by atoms with Crippen LogP contribution in [-0.2, 0) is 0 Å². The monoisotopic (exact) mass is 766 g/mol. The van der Waals surface area contributed by atoms with Gasteiger partial charge in [0.05, 0.1) is 9.40 Å². The molecule has 0 atom stereocenters. The normalized spacial score (nSPS) is 11.5. The van der Waals surface area contributed by atoms with Crippen LogP contribution in [0.3, 0.4) is 0 Å². The smallest absolute Gasteiger partial charge is 0.153 e. The molecule has 0 amide bonds. The highest BCUT2D eigenvalue weighted by Crippen LogP contribution is 2.47.